The topological polar surface area (TPSA) is 66.8 Å². The van der Waals surface area contributed by atoms with Crippen molar-refractivity contribution in [3.05, 3.63) is 0 Å². The minimum absolute atomic E-state index is 0.0170. The number of aliphatic hydroxyl groups is 2. The second kappa shape index (κ2) is 8.63. The van der Waals surface area contributed by atoms with E-state index >= 15 is 0 Å². The molecule has 0 aromatic carbocycles. The first-order chi connectivity index (χ1) is 9.47. The van der Waals surface area contributed by atoms with Crippen LogP contribution in [0.15, 0.2) is 0 Å². The van der Waals surface area contributed by atoms with Crippen molar-refractivity contribution in [1.82, 2.24) is 0 Å². The zero-order chi connectivity index (χ0) is 15.0. The van der Waals surface area contributed by atoms with Gasteiger partial charge in [0.1, 0.15) is 0 Å². The Kier molecular flexibility index (Phi) is 7.52. The van der Waals surface area contributed by atoms with Crippen molar-refractivity contribution in [2.24, 2.45) is 11.8 Å². The van der Waals surface area contributed by atoms with Gasteiger partial charge < -0.3 is 14.9 Å². The standard InChI is InChI=1S/C16H30O4/c1-3-4-5-8-14-9-6-10-15(14)16(18,19)11-7-12-20-13(2)17/h14-15,18-19H,3-12H2,1-2H3. The van der Waals surface area contributed by atoms with E-state index in [0.29, 0.717) is 12.3 Å². The van der Waals surface area contributed by atoms with Crippen LogP contribution in [-0.4, -0.2) is 28.6 Å². The highest BCUT2D eigenvalue weighted by atomic mass is 16.5. The zero-order valence-electron chi connectivity index (χ0n) is 12.9. The Balaban J connectivity index is 2.37. The molecule has 0 bridgehead atoms. The van der Waals surface area contributed by atoms with Crippen LogP contribution in [0.1, 0.15) is 71.6 Å². The van der Waals surface area contributed by atoms with E-state index in [4.69, 9.17) is 4.74 Å². The molecule has 118 valence electrons. The van der Waals surface area contributed by atoms with Crippen LogP contribution in [0, 0.1) is 11.8 Å². The summed E-state index contributed by atoms with van der Waals surface area (Å²) in [4.78, 5) is 10.7. The molecule has 1 aliphatic rings. The monoisotopic (exact) mass is 286 g/mol. The highest BCUT2D eigenvalue weighted by Gasteiger charge is 2.41. The Morgan fingerprint density at radius 3 is 2.65 bits per heavy atom. The Labute approximate surface area is 122 Å². The summed E-state index contributed by atoms with van der Waals surface area (Å²) in [7, 11) is 0. The van der Waals surface area contributed by atoms with E-state index in [1.54, 1.807) is 0 Å². The van der Waals surface area contributed by atoms with Crippen LogP contribution in [0.3, 0.4) is 0 Å². The summed E-state index contributed by atoms with van der Waals surface area (Å²) in [5, 5.41) is 20.6. The molecule has 0 saturated heterocycles. The normalized spacial score (nSPS) is 23.0. The number of unbranched alkanes of at least 4 members (excludes halogenated alkanes) is 2. The first-order valence-electron chi connectivity index (χ1n) is 8.05. The lowest BCUT2D eigenvalue weighted by atomic mass is 9.82. The van der Waals surface area contributed by atoms with Gasteiger partial charge in [0.25, 0.3) is 0 Å². The highest BCUT2D eigenvalue weighted by Crippen LogP contribution is 2.42. The average Bonchev–Trinajstić information content (AvgIpc) is 2.84. The molecule has 1 rings (SSSR count). The van der Waals surface area contributed by atoms with Gasteiger partial charge >= 0.3 is 5.97 Å². The maximum absolute atomic E-state index is 10.7. The van der Waals surface area contributed by atoms with Gasteiger partial charge in [0.2, 0.25) is 0 Å². The Morgan fingerprint density at radius 1 is 1.25 bits per heavy atom. The molecule has 2 N–H and O–H groups in total. The van der Waals surface area contributed by atoms with Crippen LogP contribution in [0.5, 0.6) is 0 Å². The summed E-state index contributed by atoms with van der Waals surface area (Å²) < 4.78 is 4.85. The summed E-state index contributed by atoms with van der Waals surface area (Å²) in [5.41, 5.74) is 0. The molecule has 0 heterocycles. The van der Waals surface area contributed by atoms with Crippen molar-refractivity contribution in [3.63, 3.8) is 0 Å². The fourth-order valence-electron chi connectivity index (χ4n) is 3.38. The van der Waals surface area contributed by atoms with Gasteiger partial charge in [-0.15, -0.1) is 0 Å². The van der Waals surface area contributed by atoms with Crippen molar-refractivity contribution >= 4 is 5.97 Å². The van der Waals surface area contributed by atoms with Gasteiger partial charge in [-0.3, -0.25) is 4.79 Å². The summed E-state index contributed by atoms with van der Waals surface area (Å²) in [6.45, 7) is 3.82. The van der Waals surface area contributed by atoms with E-state index in [2.05, 4.69) is 6.92 Å². The van der Waals surface area contributed by atoms with Crippen LogP contribution in [0.25, 0.3) is 0 Å². The van der Waals surface area contributed by atoms with E-state index in [9.17, 15) is 15.0 Å². The van der Waals surface area contributed by atoms with Crippen molar-refractivity contribution in [1.29, 1.82) is 0 Å². The number of hydrogen-bond donors (Lipinski definition) is 2. The molecule has 4 nitrogen and oxygen atoms in total. The third-order valence-corrected chi connectivity index (χ3v) is 4.43. The third kappa shape index (κ3) is 5.80. The second-order valence-electron chi connectivity index (χ2n) is 6.12. The Hall–Kier alpha value is -0.610. The number of ether oxygens (including phenoxy) is 1. The van der Waals surface area contributed by atoms with E-state index < -0.39 is 5.79 Å². The van der Waals surface area contributed by atoms with Crippen molar-refractivity contribution in [3.8, 4) is 0 Å². The van der Waals surface area contributed by atoms with Gasteiger partial charge in [-0.25, -0.2) is 0 Å². The van der Waals surface area contributed by atoms with E-state index in [1.165, 1.54) is 26.2 Å². The third-order valence-electron chi connectivity index (χ3n) is 4.43. The molecule has 1 saturated carbocycles. The molecule has 4 heteroatoms. The molecule has 0 radical (unpaired) electrons. The zero-order valence-corrected chi connectivity index (χ0v) is 12.9. The van der Waals surface area contributed by atoms with Crippen molar-refractivity contribution in [2.75, 3.05) is 6.61 Å². The summed E-state index contributed by atoms with van der Waals surface area (Å²) in [6, 6.07) is 0. The minimum atomic E-state index is -1.60. The molecule has 20 heavy (non-hydrogen) atoms. The largest absolute Gasteiger partial charge is 0.466 e. The number of hydrogen-bond acceptors (Lipinski definition) is 4. The number of carbonyl (C=O) groups excluding carboxylic acids is 1. The molecule has 0 aromatic heterocycles. The van der Waals surface area contributed by atoms with Crippen LogP contribution >= 0.6 is 0 Å². The summed E-state index contributed by atoms with van der Waals surface area (Å²) in [5.74, 6) is -1.50. The van der Waals surface area contributed by atoms with Gasteiger partial charge in [0, 0.05) is 19.3 Å². The van der Waals surface area contributed by atoms with Crippen LogP contribution < -0.4 is 0 Å². The molecular weight excluding hydrogens is 256 g/mol. The van der Waals surface area contributed by atoms with Crippen molar-refractivity contribution in [2.45, 2.75) is 77.4 Å². The van der Waals surface area contributed by atoms with Crippen LogP contribution in [-0.2, 0) is 9.53 Å². The highest BCUT2D eigenvalue weighted by molar-refractivity contribution is 5.65. The molecule has 2 unspecified atom stereocenters. The smallest absolute Gasteiger partial charge is 0.302 e. The maximum atomic E-state index is 10.7. The van der Waals surface area contributed by atoms with E-state index in [-0.39, 0.29) is 24.9 Å². The number of carbonyl (C=O) groups is 1. The summed E-state index contributed by atoms with van der Waals surface area (Å²) in [6.07, 6.45) is 8.60. The fraction of sp³-hybridized carbons (Fsp3) is 0.938. The summed E-state index contributed by atoms with van der Waals surface area (Å²) >= 11 is 0. The molecule has 2 atom stereocenters. The fourth-order valence-corrected chi connectivity index (χ4v) is 3.38. The molecule has 0 spiro atoms. The Morgan fingerprint density at radius 2 is 2.00 bits per heavy atom. The SMILES string of the molecule is CCCCCC1CCCC1C(O)(O)CCCOC(C)=O. The molecular formula is C16H30O4. The first-order valence-corrected chi connectivity index (χ1v) is 8.05. The van der Waals surface area contributed by atoms with Gasteiger partial charge in [0.05, 0.1) is 6.61 Å². The lowest BCUT2D eigenvalue weighted by Gasteiger charge is -2.33. The minimum Gasteiger partial charge on any atom is -0.466 e. The van der Waals surface area contributed by atoms with Crippen molar-refractivity contribution < 1.29 is 19.7 Å². The predicted octanol–water partition coefficient (Wildman–Crippen LogP) is 3.01. The molecule has 0 aliphatic heterocycles. The predicted molar refractivity (Wildman–Crippen MR) is 78.0 cm³/mol. The van der Waals surface area contributed by atoms with Crippen LogP contribution in [0.2, 0.25) is 0 Å². The molecule has 1 fully saturated rings. The lowest BCUT2D eigenvalue weighted by molar-refractivity contribution is -0.214. The van der Waals surface area contributed by atoms with Gasteiger partial charge in [-0.05, 0) is 31.6 Å². The van der Waals surface area contributed by atoms with E-state index in [0.717, 1.165) is 25.7 Å². The number of rotatable bonds is 9. The second-order valence-corrected chi connectivity index (χ2v) is 6.12. The maximum Gasteiger partial charge on any atom is 0.302 e. The van der Waals surface area contributed by atoms with Gasteiger partial charge in [-0.2, -0.15) is 0 Å². The Bertz CT molecular complexity index is 288. The molecule has 0 amide bonds. The average molecular weight is 286 g/mol. The number of esters is 1. The quantitative estimate of drug-likeness (QED) is 0.388. The van der Waals surface area contributed by atoms with Crippen LogP contribution in [0.4, 0.5) is 0 Å². The molecule has 0 aromatic rings. The van der Waals surface area contributed by atoms with Gasteiger partial charge in [-0.1, -0.05) is 32.6 Å². The first kappa shape index (κ1) is 17.4. The van der Waals surface area contributed by atoms with E-state index in [1.807, 2.05) is 0 Å². The lowest BCUT2D eigenvalue weighted by Crippen LogP contribution is -2.40. The van der Waals surface area contributed by atoms with Gasteiger partial charge in [0.15, 0.2) is 5.79 Å². The molecule has 1 aliphatic carbocycles.